The van der Waals surface area contributed by atoms with E-state index in [2.05, 4.69) is 369 Å². The zero-order valence-corrected chi connectivity index (χ0v) is 51.7. The van der Waals surface area contributed by atoms with E-state index in [0.29, 0.717) is 0 Å². The summed E-state index contributed by atoms with van der Waals surface area (Å²) in [4.78, 5) is 5.37. The van der Waals surface area contributed by atoms with Crippen molar-refractivity contribution in [2.45, 2.75) is 26.2 Å². The maximum absolute atomic E-state index is 2.69. The first-order valence-electron chi connectivity index (χ1n) is 32.1. The van der Waals surface area contributed by atoms with Gasteiger partial charge >= 0.3 is 0 Å². The molecule has 2 aliphatic rings. The fourth-order valence-electron chi connectivity index (χ4n) is 14.8. The Balaban J connectivity index is 1.03. The van der Waals surface area contributed by atoms with E-state index < -0.39 is 0 Å². The highest BCUT2D eigenvalue weighted by atomic mass is 15.2. The number of benzene rings is 14. The lowest BCUT2D eigenvalue weighted by Crippen LogP contribution is -2.61. The Hall–Kier alpha value is -11.5. The van der Waals surface area contributed by atoms with Gasteiger partial charge in [0.2, 0.25) is 0 Å². The Morgan fingerprint density at radius 2 is 0.641 bits per heavy atom. The number of rotatable bonds is 10. The highest BCUT2D eigenvalue weighted by Gasteiger charge is 2.46. The molecule has 0 amide bonds. The monoisotopic (exact) mass is 1170 g/mol. The molecule has 17 rings (SSSR count). The van der Waals surface area contributed by atoms with Gasteiger partial charge < -0.3 is 14.4 Å². The summed E-state index contributed by atoms with van der Waals surface area (Å²) in [6, 6.07) is 124. The third-order valence-electron chi connectivity index (χ3n) is 19.1. The standard InChI is InChI=1S/C88H64BN3/c1-88(2,3)69-56-83-85-84(57-69)92(86-71(62-33-15-7-16-34-62)43-25-44-72(86)63-35-17-8-18-36-63)82-58-70(90-79-47-21-19-41-75(79)76-42-20-22-48-80(76)90)50-51-77(82)89(85)78-55-66(61-31-13-6-14-32-61)49-52-81(78)91(83)87-73(67-39-23-37-64(53-67)59-27-9-4-10-28-59)45-26-46-74(87)68-40-24-38-65(54-68)60-29-11-5-12-30-60/h4-58H,1-3H3. The molecule has 0 spiro atoms. The van der Waals surface area contributed by atoms with Gasteiger partial charge in [0.1, 0.15) is 0 Å². The van der Waals surface area contributed by atoms with Crippen LogP contribution in [-0.4, -0.2) is 11.3 Å². The van der Waals surface area contributed by atoms with E-state index in [1.54, 1.807) is 0 Å². The van der Waals surface area contributed by atoms with E-state index in [-0.39, 0.29) is 12.1 Å². The van der Waals surface area contributed by atoms with Crippen LogP contribution >= 0.6 is 0 Å². The van der Waals surface area contributed by atoms with Gasteiger partial charge in [-0.25, -0.2) is 0 Å². The second-order valence-corrected chi connectivity index (χ2v) is 25.6. The Kier molecular flexibility index (Phi) is 13.2. The summed E-state index contributed by atoms with van der Waals surface area (Å²) >= 11 is 0. The molecular formula is C88H64BN3. The van der Waals surface area contributed by atoms with Crippen LogP contribution < -0.4 is 26.2 Å². The highest BCUT2D eigenvalue weighted by Crippen LogP contribution is 2.54. The van der Waals surface area contributed by atoms with E-state index >= 15 is 0 Å². The lowest BCUT2D eigenvalue weighted by molar-refractivity contribution is 0.590. The number of hydrogen-bond donors (Lipinski definition) is 0. The second-order valence-electron chi connectivity index (χ2n) is 25.6. The summed E-state index contributed by atoms with van der Waals surface area (Å²) in [7, 11) is 0. The number of anilines is 6. The van der Waals surface area contributed by atoms with Gasteiger partial charge in [-0.1, -0.05) is 300 Å². The molecule has 92 heavy (non-hydrogen) atoms. The molecule has 0 radical (unpaired) electrons. The Labute approximate surface area is 539 Å². The normalized spacial score (nSPS) is 12.4. The van der Waals surface area contributed by atoms with E-state index in [9.17, 15) is 0 Å². The Morgan fingerprint density at radius 1 is 0.261 bits per heavy atom. The quantitative estimate of drug-likeness (QED) is 0.126. The van der Waals surface area contributed by atoms with Crippen LogP contribution in [0.5, 0.6) is 0 Å². The molecule has 2 aliphatic heterocycles. The van der Waals surface area contributed by atoms with Crippen molar-refractivity contribution in [1.29, 1.82) is 0 Å². The van der Waals surface area contributed by atoms with Crippen LogP contribution in [-0.2, 0) is 5.41 Å². The Morgan fingerprint density at radius 3 is 1.11 bits per heavy atom. The number of hydrogen-bond acceptors (Lipinski definition) is 2. The number of aromatic nitrogens is 1. The molecule has 0 fully saturated rings. The van der Waals surface area contributed by atoms with Crippen molar-refractivity contribution in [2.24, 2.45) is 0 Å². The fourth-order valence-corrected chi connectivity index (χ4v) is 14.8. The van der Waals surface area contributed by atoms with Gasteiger partial charge in [-0.3, -0.25) is 0 Å². The molecule has 0 unspecified atom stereocenters. The van der Waals surface area contributed by atoms with Gasteiger partial charge in [0, 0.05) is 61.5 Å². The van der Waals surface area contributed by atoms with Crippen LogP contribution in [0.15, 0.2) is 334 Å². The van der Waals surface area contributed by atoms with Gasteiger partial charge in [0.25, 0.3) is 6.71 Å². The molecule has 3 heterocycles. The lowest BCUT2D eigenvalue weighted by atomic mass is 9.33. The molecule has 0 aliphatic carbocycles. The van der Waals surface area contributed by atoms with Gasteiger partial charge in [-0.15, -0.1) is 0 Å². The van der Waals surface area contributed by atoms with Crippen LogP contribution in [0.4, 0.5) is 34.1 Å². The predicted molar refractivity (Wildman–Crippen MR) is 392 cm³/mol. The average Bonchev–Trinajstić information content (AvgIpc) is 0.761. The number of para-hydroxylation sites is 4. The third-order valence-corrected chi connectivity index (χ3v) is 19.1. The zero-order chi connectivity index (χ0) is 61.4. The van der Waals surface area contributed by atoms with Crippen molar-refractivity contribution >= 4 is 79.0 Å². The van der Waals surface area contributed by atoms with Gasteiger partial charge in [-0.2, -0.15) is 0 Å². The number of fused-ring (bicyclic) bond motifs is 7. The minimum atomic E-state index is -0.293. The highest BCUT2D eigenvalue weighted by molar-refractivity contribution is 7.00. The Bertz CT molecular complexity index is 5110. The molecule has 0 saturated carbocycles. The van der Waals surface area contributed by atoms with Crippen LogP contribution in [0.3, 0.4) is 0 Å². The van der Waals surface area contributed by atoms with E-state index in [0.717, 1.165) is 84.3 Å². The summed E-state index contributed by atoms with van der Waals surface area (Å²) in [5.41, 5.74) is 31.2. The minimum absolute atomic E-state index is 0.204. The first-order chi connectivity index (χ1) is 45.3. The summed E-state index contributed by atoms with van der Waals surface area (Å²) in [5.74, 6) is 0. The van der Waals surface area contributed by atoms with Crippen molar-refractivity contribution in [3.05, 3.63) is 339 Å². The SMILES string of the molecule is CC(C)(C)c1cc2c3c(c1)N(c1c(-c4ccccc4)cccc1-c1ccccc1)c1cc(-n4c5ccccc5c5ccccc54)ccc1B3c1cc(-c3ccccc3)ccc1N2c1c(-c2cccc(-c3ccccc3)c2)cccc1-c1cccc(-c2ccccc2)c1. The molecule has 0 N–H and O–H groups in total. The molecule has 0 atom stereocenters. The predicted octanol–water partition coefficient (Wildman–Crippen LogP) is 21.8. The zero-order valence-electron chi connectivity index (χ0n) is 51.7. The van der Waals surface area contributed by atoms with Crippen LogP contribution in [0.1, 0.15) is 26.3 Å². The van der Waals surface area contributed by atoms with Crippen molar-refractivity contribution in [3.8, 4) is 83.6 Å². The van der Waals surface area contributed by atoms with E-state index in [1.807, 2.05) is 0 Å². The summed E-state index contributed by atoms with van der Waals surface area (Å²) < 4.78 is 2.49. The molecule has 4 heteroatoms. The second kappa shape index (κ2) is 22.2. The lowest BCUT2D eigenvalue weighted by Gasteiger charge is -2.46. The maximum Gasteiger partial charge on any atom is 0.252 e. The fraction of sp³-hybridized carbons (Fsp3) is 0.0455. The van der Waals surface area contributed by atoms with E-state index in [1.165, 1.54) is 77.1 Å². The minimum Gasteiger partial charge on any atom is -0.310 e. The molecule has 1 aromatic heterocycles. The molecule has 14 aromatic carbocycles. The maximum atomic E-state index is 2.69. The van der Waals surface area contributed by atoms with Crippen molar-refractivity contribution in [1.82, 2.24) is 4.57 Å². The van der Waals surface area contributed by atoms with Crippen LogP contribution in [0, 0.1) is 0 Å². The van der Waals surface area contributed by atoms with Crippen molar-refractivity contribution in [2.75, 3.05) is 9.80 Å². The van der Waals surface area contributed by atoms with Gasteiger partial charge in [0.15, 0.2) is 0 Å². The number of nitrogens with zero attached hydrogens (tertiary/aromatic N) is 3. The topological polar surface area (TPSA) is 11.4 Å². The van der Waals surface area contributed by atoms with Crippen molar-refractivity contribution < 1.29 is 0 Å². The first kappa shape index (κ1) is 54.7. The molecule has 434 valence electrons. The largest absolute Gasteiger partial charge is 0.310 e. The molecule has 0 bridgehead atoms. The first-order valence-corrected chi connectivity index (χ1v) is 32.1. The van der Waals surface area contributed by atoms with Crippen molar-refractivity contribution in [3.63, 3.8) is 0 Å². The molecular weight excluding hydrogens is 1110 g/mol. The third kappa shape index (κ3) is 9.20. The summed E-state index contributed by atoms with van der Waals surface area (Å²) in [6.07, 6.45) is 0. The average molecular weight is 1170 g/mol. The van der Waals surface area contributed by atoms with Gasteiger partial charge in [0.05, 0.1) is 22.4 Å². The molecule has 0 saturated heterocycles. The smallest absolute Gasteiger partial charge is 0.252 e. The molecule has 15 aromatic rings. The van der Waals surface area contributed by atoms with Crippen LogP contribution in [0.2, 0.25) is 0 Å². The van der Waals surface area contributed by atoms with Crippen LogP contribution in [0.25, 0.3) is 105 Å². The van der Waals surface area contributed by atoms with Gasteiger partial charge in [-0.05, 0) is 138 Å². The summed E-state index contributed by atoms with van der Waals surface area (Å²) in [5, 5.41) is 2.47. The molecule has 3 nitrogen and oxygen atoms in total. The van der Waals surface area contributed by atoms with E-state index in [4.69, 9.17) is 0 Å². The summed E-state index contributed by atoms with van der Waals surface area (Å²) in [6.45, 7) is 6.93.